The zero-order valence-corrected chi connectivity index (χ0v) is 32.4. The van der Waals surface area contributed by atoms with E-state index in [0.717, 1.165) is 36.8 Å². The molecule has 15 heteroatoms. The molecular formula is C40H50N6O8S. The van der Waals surface area contributed by atoms with Crippen LogP contribution in [0.15, 0.2) is 48.5 Å². The summed E-state index contributed by atoms with van der Waals surface area (Å²) in [6.45, 7) is 5.63. The lowest BCUT2D eigenvalue weighted by atomic mass is 10.0. The van der Waals surface area contributed by atoms with E-state index < -0.39 is 62.8 Å². The normalized spacial score (nSPS) is 26.3. The number of rotatable bonds is 8. The van der Waals surface area contributed by atoms with E-state index in [4.69, 9.17) is 19.4 Å². The zero-order chi connectivity index (χ0) is 38.9. The minimum atomic E-state index is -3.87. The largest absolute Gasteiger partial charge is 0.471 e. The molecule has 3 N–H and O–H groups in total. The second kappa shape index (κ2) is 15.8. The number of nitrogens with one attached hydrogen (secondary N) is 3. The molecule has 5 atom stereocenters. The van der Waals surface area contributed by atoms with Crippen molar-refractivity contribution in [3.8, 4) is 17.1 Å². The summed E-state index contributed by atoms with van der Waals surface area (Å²) in [6.07, 6.45) is 4.60. The Morgan fingerprint density at radius 3 is 2.49 bits per heavy atom. The maximum atomic E-state index is 14.5. The van der Waals surface area contributed by atoms with E-state index >= 15 is 0 Å². The smallest absolute Gasteiger partial charge is 0.407 e. The summed E-state index contributed by atoms with van der Waals surface area (Å²) < 4.78 is 39.8. The fourth-order valence-electron chi connectivity index (χ4n) is 7.74. The topological polar surface area (TPSA) is 186 Å². The molecule has 4 amide bonds. The minimum absolute atomic E-state index is 0.0304. The van der Waals surface area contributed by atoms with E-state index in [1.165, 1.54) is 4.90 Å². The lowest BCUT2D eigenvalue weighted by Gasteiger charge is -2.31. The summed E-state index contributed by atoms with van der Waals surface area (Å²) in [5.74, 6) is -2.30. The molecule has 3 fully saturated rings. The standard InChI is InChI=1S/C40H50N6O8S/c1-4-27-22-40(27,38(49)45-55(51,52)29-16-17-29)44-35(47)32-21-28-23-46(32)37(48)33(24(2)3)43-39(50)53-19-11-6-5-8-12-25-15-18-30-31(20-25)42-36(54-28)34(41-30)26-13-9-7-10-14-26/h7,9-10,13-15,18,20,24,27-29,32-33H,4-6,8,11-12,16-17,19,21-23H2,1-3H3,(H,43,50)(H,44,47)(H,45,49)/t27-,28-,32+,33+,40+/m1/s1. The molecule has 0 spiro atoms. The minimum Gasteiger partial charge on any atom is -0.471 e. The number of amides is 4. The second-order valence-electron chi connectivity index (χ2n) is 15.7. The Morgan fingerprint density at radius 2 is 1.78 bits per heavy atom. The predicted molar refractivity (Wildman–Crippen MR) is 204 cm³/mol. The first-order valence-electron chi connectivity index (χ1n) is 19.5. The number of fused-ring (bicyclic) bond motifs is 4. The molecule has 3 heterocycles. The number of aryl methyl sites for hydroxylation is 1. The van der Waals surface area contributed by atoms with Crippen molar-refractivity contribution in [2.75, 3.05) is 13.2 Å². The molecule has 2 saturated carbocycles. The molecule has 2 aliphatic carbocycles. The van der Waals surface area contributed by atoms with Gasteiger partial charge in [-0.3, -0.25) is 19.1 Å². The molecule has 4 aliphatic rings. The first-order valence-corrected chi connectivity index (χ1v) is 21.1. The van der Waals surface area contributed by atoms with E-state index in [2.05, 4.69) is 21.4 Å². The molecule has 1 aromatic heterocycles. The van der Waals surface area contributed by atoms with Crippen molar-refractivity contribution in [3.63, 3.8) is 0 Å². The van der Waals surface area contributed by atoms with Crippen LogP contribution in [0.5, 0.6) is 5.88 Å². The van der Waals surface area contributed by atoms with Crippen molar-refractivity contribution >= 4 is 44.9 Å². The molecule has 0 unspecified atom stereocenters. The average molecular weight is 775 g/mol. The lowest BCUT2D eigenvalue weighted by Crippen LogP contribution is -2.59. The number of ether oxygens (including phenoxy) is 2. The quantitative estimate of drug-likeness (QED) is 0.296. The van der Waals surface area contributed by atoms with Gasteiger partial charge < -0.3 is 25.0 Å². The summed E-state index contributed by atoms with van der Waals surface area (Å²) in [7, 11) is -3.87. The van der Waals surface area contributed by atoms with Gasteiger partial charge in [-0.2, -0.15) is 0 Å². The van der Waals surface area contributed by atoms with Gasteiger partial charge in [-0.25, -0.2) is 23.2 Å². The number of hydrogen-bond donors (Lipinski definition) is 3. The second-order valence-corrected chi connectivity index (χ2v) is 17.6. The van der Waals surface area contributed by atoms with Crippen LogP contribution in [0.4, 0.5) is 4.79 Å². The summed E-state index contributed by atoms with van der Waals surface area (Å²) in [5.41, 5.74) is 2.31. The van der Waals surface area contributed by atoms with Gasteiger partial charge in [-0.1, -0.05) is 76.4 Å². The van der Waals surface area contributed by atoms with Crippen LogP contribution in [0.2, 0.25) is 0 Å². The van der Waals surface area contributed by atoms with Crippen molar-refractivity contribution in [2.45, 2.75) is 114 Å². The van der Waals surface area contributed by atoms with Crippen LogP contribution < -0.4 is 20.1 Å². The molecule has 2 aromatic carbocycles. The van der Waals surface area contributed by atoms with Gasteiger partial charge in [0.2, 0.25) is 27.7 Å². The highest BCUT2D eigenvalue weighted by Crippen LogP contribution is 2.47. The van der Waals surface area contributed by atoms with Crippen LogP contribution in [0.25, 0.3) is 22.3 Å². The molecule has 1 saturated heterocycles. The summed E-state index contributed by atoms with van der Waals surface area (Å²) in [6, 6.07) is 13.4. The van der Waals surface area contributed by atoms with Crippen molar-refractivity contribution < 1.29 is 37.1 Å². The number of cyclic esters (lactones) is 1. The number of aromatic nitrogens is 2. The Kier molecular flexibility index (Phi) is 11.0. The van der Waals surface area contributed by atoms with Crippen LogP contribution in [0, 0.1) is 11.8 Å². The molecule has 5 bridgehead atoms. The third-order valence-corrected chi connectivity index (χ3v) is 13.0. The van der Waals surface area contributed by atoms with Gasteiger partial charge in [0.25, 0.3) is 5.91 Å². The molecule has 2 aliphatic heterocycles. The van der Waals surface area contributed by atoms with Gasteiger partial charge in [-0.15, -0.1) is 0 Å². The average Bonchev–Trinajstić information content (AvgIpc) is 4.09. The summed E-state index contributed by atoms with van der Waals surface area (Å²) in [5, 5.41) is 4.99. The van der Waals surface area contributed by atoms with Gasteiger partial charge in [0.05, 0.1) is 29.4 Å². The Hall–Kier alpha value is -4.79. The highest BCUT2D eigenvalue weighted by molar-refractivity contribution is 7.91. The SMILES string of the molecule is CC[C@@H]1C[C@@]1(NC(=O)[C@@H]1C[C@@H]2CN1C(=O)[C@H](C(C)C)NC(=O)OCCCCCCc1ccc3nc(-c4ccccc4)c(nc3c1)O2)C(=O)NS(=O)(=O)C1CC1. The van der Waals surface area contributed by atoms with E-state index in [0.29, 0.717) is 42.4 Å². The number of hydrogen-bond acceptors (Lipinski definition) is 10. The zero-order valence-electron chi connectivity index (χ0n) is 31.6. The number of carbonyl (C=O) groups excluding carboxylic acids is 4. The van der Waals surface area contributed by atoms with Crippen molar-refractivity contribution in [2.24, 2.45) is 11.8 Å². The van der Waals surface area contributed by atoms with E-state index in [-0.39, 0.29) is 43.7 Å². The van der Waals surface area contributed by atoms with Gasteiger partial charge in [0, 0.05) is 12.0 Å². The molecule has 294 valence electrons. The summed E-state index contributed by atoms with van der Waals surface area (Å²) >= 11 is 0. The number of carbonyl (C=O) groups is 4. The van der Waals surface area contributed by atoms with Gasteiger partial charge in [0.1, 0.15) is 29.4 Å². The van der Waals surface area contributed by atoms with Crippen molar-refractivity contribution in [3.05, 3.63) is 54.1 Å². The van der Waals surface area contributed by atoms with Gasteiger partial charge in [-0.05, 0) is 68.1 Å². The summed E-state index contributed by atoms with van der Waals surface area (Å²) in [4.78, 5) is 66.7. The molecule has 3 aromatic rings. The van der Waals surface area contributed by atoms with E-state index in [1.54, 1.807) is 13.8 Å². The Balaban J connectivity index is 1.23. The lowest BCUT2D eigenvalue weighted by molar-refractivity contribution is -0.141. The third kappa shape index (κ3) is 8.41. The van der Waals surface area contributed by atoms with E-state index in [1.807, 2.05) is 49.4 Å². The van der Waals surface area contributed by atoms with Crippen molar-refractivity contribution in [1.82, 2.24) is 30.2 Å². The number of sulfonamides is 1. The molecule has 7 rings (SSSR count). The third-order valence-electron chi connectivity index (χ3n) is 11.2. The van der Waals surface area contributed by atoms with Crippen LogP contribution in [-0.4, -0.2) is 89.2 Å². The fourth-order valence-corrected chi connectivity index (χ4v) is 9.11. The molecule has 14 nitrogen and oxygen atoms in total. The Morgan fingerprint density at radius 1 is 1.02 bits per heavy atom. The van der Waals surface area contributed by atoms with Crippen LogP contribution in [0.1, 0.15) is 84.1 Å². The fraction of sp³-hybridized carbons (Fsp3) is 0.550. The van der Waals surface area contributed by atoms with Gasteiger partial charge in [0.15, 0.2) is 0 Å². The van der Waals surface area contributed by atoms with Crippen LogP contribution in [-0.2, 0) is 35.6 Å². The number of nitrogens with zero attached hydrogens (tertiary/aromatic N) is 3. The number of alkyl carbamates (subject to hydrolysis) is 1. The van der Waals surface area contributed by atoms with E-state index in [9.17, 15) is 27.6 Å². The predicted octanol–water partition coefficient (Wildman–Crippen LogP) is 4.41. The highest BCUT2D eigenvalue weighted by atomic mass is 32.2. The number of benzene rings is 2. The molecule has 55 heavy (non-hydrogen) atoms. The Labute approximate surface area is 321 Å². The maximum absolute atomic E-state index is 14.5. The first kappa shape index (κ1) is 38.5. The van der Waals surface area contributed by atoms with Crippen LogP contribution >= 0.6 is 0 Å². The van der Waals surface area contributed by atoms with Gasteiger partial charge >= 0.3 is 6.09 Å². The van der Waals surface area contributed by atoms with Crippen molar-refractivity contribution in [1.29, 1.82) is 0 Å². The molecule has 0 radical (unpaired) electrons. The first-order chi connectivity index (χ1) is 26.4. The monoisotopic (exact) mass is 774 g/mol. The van der Waals surface area contributed by atoms with Crippen LogP contribution in [0.3, 0.4) is 0 Å². The Bertz CT molecular complexity index is 2060. The molecular weight excluding hydrogens is 725 g/mol. The highest BCUT2D eigenvalue weighted by Gasteiger charge is 2.62. The maximum Gasteiger partial charge on any atom is 0.407 e.